The van der Waals surface area contributed by atoms with E-state index in [0.717, 1.165) is 0 Å². The second-order valence-electron chi connectivity index (χ2n) is 2.35. The van der Waals surface area contributed by atoms with Crippen molar-refractivity contribution in [3.63, 3.8) is 0 Å². The number of hydrogen-bond acceptors (Lipinski definition) is 4. The third-order valence-electron chi connectivity index (χ3n) is 1.54. The Labute approximate surface area is 69.4 Å². The molecular weight excluding hydrogens is 160 g/mol. The summed E-state index contributed by atoms with van der Waals surface area (Å²) in [7, 11) is 1.59. The number of carboxylic acid groups (broad SMARTS) is 1. The molecule has 0 saturated carbocycles. The lowest BCUT2D eigenvalue weighted by molar-refractivity contribution is -0.139. The molecule has 0 amide bonds. The van der Waals surface area contributed by atoms with Crippen molar-refractivity contribution in [1.82, 2.24) is 10.3 Å². The Morgan fingerprint density at radius 2 is 2.67 bits per heavy atom. The summed E-state index contributed by atoms with van der Waals surface area (Å²) in [6, 6.07) is -0.613. The van der Waals surface area contributed by atoms with E-state index in [0.29, 0.717) is 12.2 Å². The van der Waals surface area contributed by atoms with Crippen molar-refractivity contribution in [2.45, 2.75) is 12.5 Å². The van der Waals surface area contributed by atoms with E-state index in [-0.39, 0.29) is 0 Å². The fourth-order valence-corrected chi connectivity index (χ4v) is 0.857. The number of carboxylic acids is 1. The molecule has 0 fully saturated rings. The maximum Gasteiger partial charge on any atom is 0.321 e. The van der Waals surface area contributed by atoms with Crippen LogP contribution in [0.3, 0.4) is 0 Å². The fraction of sp³-hybridized carbons (Fsp3) is 0.429. The van der Waals surface area contributed by atoms with Gasteiger partial charge in [-0.15, -0.1) is 0 Å². The first-order valence-electron chi connectivity index (χ1n) is 3.51. The van der Waals surface area contributed by atoms with E-state index in [4.69, 9.17) is 9.52 Å². The topological polar surface area (TPSA) is 75.4 Å². The van der Waals surface area contributed by atoms with E-state index in [1.165, 1.54) is 12.6 Å². The first-order chi connectivity index (χ1) is 5.74. The van der Waals surface area contributed by atoms with Gasteiger partial charge >= 0.3 is 5.97 Å². The Morgan fingerprint density at radius 1 is 1.92 bits per heavy atom. The van der Waals surface area contributed by atoms with Crippen molar-refractivity contribution in [3.8, 4) is 0 Å². The van der Waals surface area contributed by atoms with Gasteiger partial charge in [-0.3, -0.25) is 4.79 Å². The second kappa shape index (κ2) is 3.87. The molecule has 1 heterocycles. The van der Waals surface area contributed by atoms with Gasteiger partial charge in [0.2, 0.25) is 0 Å². The van der Waals surface area contributed by atoms with E-state index in [2.05, 4.69) is 10.3 Å². The number of aromatic nitrogens is 1. The van der Waals surface area contributed by atoms with Crippen LogP contribution in [0.1, 0.15) is 5.76 Å². The smallest absolute Gasteiger partial charge is 0.321 e. The summed E-state index contributed by atoms with van der Waals surface area (Å²) in [5, 5.41) is 11.3. The fourth-order valence-electron chi connectivity index (χ4n) is 0.857. The van der Waals surface area contributed by atoms with Gasteiger partial charge in [0.1, 0.15) is 11.8 Å². The number of rotatable bonds is 4. The van der Waals surface area contributed by atoms with E-state index in [1.54, 1.807) is 7.05 Å². The van der Waals surface area contributed by atoms with Crippen molar-refractivity contribution in [3.05, 3.63) is 18.4 Å². The summed E-state index contributed by atoms with van der Waals surface area (Å²) in [5.41, 5.74) is 0. The molecule has 0 aromatic carbocycles. The summed E-state index contributed by atoms with van der Waals surface area (Å²) in [4.78, 5) is 14.2. The number of likely N-dealkylation sites (N-methyl/N-ethyl adjacent to an activating group) is 1. The van der Waals surface area contributed by atoms with Crippen LogP contribution in [0.2, 0.25) is 0 Å². The molecule has 0 aliphatic rings. The number of carbonyl (C=O) groups is 1. The van der Waals surface area contributed by atoms with E-state index in [9.17, 15) is 4.79 Å². The van der Waals surface area contributed by atoms with Crippen LogP contribution in [0.4, 0.5) is 0 Å². The average molecular weight is 170 g/mol. The Bertz CT molecular complexity index is 245. The van der Waals surface area contributed by atoms with Crippen molar-refractivity contribution < 1.29 is 14.3 Å². The molecule has 0 bridgehead atoms. The van der Waals surface area contributed by atoms with Crippen LogP contribution in [0.5, 0.6) is 0 Å². The van der Waals surface area contributed by atoms with E-state index in [1.807, 2.05) is 0 Å². The van der Waals surface area contributed by atoms with Crippen molar-refractivity contribution in [2.75, 3.05) is 7.05 Å². The lowest BCUT2D eigenvalue weighted by atomic mass is 10.2. The predicted octanol–water partition coefficient (Wildman–Crippen LogP) is -0.110. The zero-order valence-corrected chi connectivity index (χ0v) is 6.65. The monoisotopic (exact) mass is 170 g/mol. The highest BCUT2D eigenvalue weighted by atomic mass is 16.4. The van der Waals surface area contributed by atoms with Crippen molar-refractivity contribution >= 4 is 5.97 Å². The van der Waals surface area contributed by atoms with Crippen LogP contribution in [-0.2, 0) is 11.2 Å². The highest BCUT2D eigenvalue weighted by Crippen LogP contribution is 2.01. The van der Waals surface area contributed by atoms with Crippen LogP contribution in [-0.4, -0.2) is 29.1 Å². The standard InChI is InChI=1S/C7H10N2O3/c1-8-6(7(10)11)2-5-3-9-4-12-5/h3-4,6,8H,2H2,1H3,(H,10,11)/t6-/m0/s1. The van der Waals surface area contributed by atoms with Gasteiger partial charge in [0, 0.05) is 6.42 Å². The Morgan fingerprint density at radius 3 is 3.08 bits per heavy atom. The third-order valence-corrected chi connectivity index (χ3v) is 1.54. The molecule has 1 aromatic rings. The zero-order valence-electron chi connectivity index (χ0n) is 6.65. The summed E-state index contributed by atoms with van der Waals surface area (Å²) in [6.07, 6.45) is 3.10. The second-order valence-corrected chi connectivity index (χ2v) is 2.35. The molecule has 0 spiro atoms. The first-order valence-corrected chi connectivity index (χ1v) is 3.51. The molecule has 5 heteroatoms. The number of oxazole rings is 1. The minimum atomic E-state index is -0.895. The highest BCUT2D eigenvalue weighted by Gasteiger charge is 2.16. The molecule has 0 unspecified atom stereocenters. The molecule has 0 aliphatic heterocycles. The van der Waals surface area contributed by atoms with Gasteiger partial charge in [-0.05, 0) is 7.05 Å². The van der Waals surface area contributed by atoms with Crippen molar-refractivity contribution in [1.29, 1.82) is 0 Å². The van der Waals surface area contributed by atoms with Crippen LogP contribution < -0.4 is 5.32 Å². The van der Waals surface area contributed by atoms with Gasteiger partial charge in [0.05, 0.1) is 6.20 Å². The quantitative estimate of drug-likeness (QED) is 0.659. The van der Waals surface area contributed by atoms with Crippen LogP contribution in [0.25, 0.3) is 0 Å². The molecular formula is C7H10N2O3. The molecule has 1 aromatic heterocycles. The van der Waals surface area contributed by atoms with Crippen molar-refractivity contribution in [2.24, 2.45) is 0 Å². The summed E-state index contributed by atoms with van der Waals surface area (Å²) >= 11 is 0. The molecule has 0 radical (unpaired) electrons. The summed E-state index contributed by atoms with van der Waals surface area (Å²) in [6.45, 7) is 0. The normalized spacial score (nSPS) is 12.8. The van der Waals surface area contributed by atoms with Gasteiger partial charge < -0.3 is 14.8 Å². The SMILES string of the molecule is CN[C@@H](Cc1cnco1)C(=O)O. The summed E-state index contributed by atoms with van der Waals surface area (Å²) < 4.78 is 4.90. The first kappa shape index (κ1) is 8.73. The van der Waals surface area contributed by atoms with Crippen LogP contribution in [0.15, 0.2) is 17.0 Å². The maximum atomic E-state index is 10.5. The van der Waals surface area contributed by atoms with Gasteiger partial charge in [0.25, 0.3) is 0 Å². The Balaban J connectivity index is 2.54. The number of nitrogens with zero attached hydrogens (tertiary/aromatic N) is 1. The van der Waals surface area contributed by atoms with Gasteiger partial charge in [0.15, 0.2) is 6.39 Å². The Kier molecular flexibility index (Phi) is 2.82. The zero-order chi connectivity index (χ0) is 8.97. The maximum absolute atomic E-state index is 10.5. The lowest BCUT2D eigenvalue weighted by Gasteiger charge is -2.07. The molecule has 1 rings (SSSR count). The van der Waals surface area contributed by atoms with E-state index < -0.39 is 12.0 Å². The van der Waals surface area contributed by atoms with E-state index >= 15 is 0 Å². The Hall–Kier alpha value is -1.36. The predicted molar refractivity (Wildman–Crippen MR) is 40.7 cm³/mol. The number of aliphatic carboxylic acids is 1. The molecule has 2 N–H and O–H groups in total. The largest absolute Gasteiger partial charge is 0.480 e. The van der Waals surface area contributed by atoms with Crippen LogP contribution in [0, 0.1) is 0 Å². The molecule has 12 heavy (non-hydrogen) atoms. The lowest BCUT2D eigenvalue weighted by Crippen LogP contribution is -2.35. The van der Waals surface area contributed by atoms with Gasteiger partial charge in [-0.25, -0.2) is 4.98 Å². The van der Waals surface area contributed by atoms with Gasteiger partial charge in [-0.2, -0.15) is 0 Å². The number of nitrogens with one attached hydrogen (secondary N) is 1. The average Bonchev–Trinajstić information content (AvgIpc) is 2.51. The molecule has 0 aliphatic carbocycles. The molecule has 5 nitrogen and oxygen atoms in total. The minimum absolute atomic E-state index is 0.311. The van der Waals surface area contributed by atoms with Gasteiger partial charge in [-0.1, -0.05) is 0 Å². The molecule has 1 atom stereocenters. The minimum Gasteiger partial charge on any atom is -0.480 e. The number of hydrogen-bond donors (Lipinski definition) is 2. The van der Waals surface area contributed by atoms with Crippen LogP contribution >= 0.6 is 0 Å². The molecule has 66 valence electrons. The third kappa shape index (κ3) is 2.06. The highest BCUT2D eigenvalue weighted by molar-refractivity contribution is 5.73. The summed E-state index contributed by atoms with van der Waals surface area (Å²) in [5.74, 6) is -0.328. The molecule has 0 saturated heterocycles.